The molecule has 1 saturated carbocycles. The number of primary amides is 2. The molecule has 0 aromatic heterocycles. The van der Waals surface area contributed by atoms with Gasteiger partial charge in [-0.25, -0.2) is 0 Å². The van der Waals surface area contributed by atoms with Crippen LogP contribution in [0.4, 0.5) is 0 Å². The van der Waals surface area contributed by atoms with Gasteiger partial charge < -0.3 is 21.5 Å². The van der Waals surface area contributed by atoms with Crippen LogP contribution in [-0.4, -0.2) is 46.8 Å². The second-order valence-electron chi connectivity index (χ2n) is 5.42. The van der Waals surface area contributed by atoms with E-state index in [0.717, 1.165) is 11.3 Å². The minimum atomic E-state index is -1.04. The number of hydrogen-bond donors (Lipinski definition) is 3. The van der Waals surface area contributed by atoms with E-state index in [1.165, 1.54) is 0 Å². The second-order valence-corrected chi connectivity index (χ2v) is 5.42. The Bertz CT molecular complexity index is 435. The smallest absolute Gasteiger partial charge is 0.307 e. The predicted molar refractivity (Wildman–Crippen MR) is 72.6 cm³/mol. The number of aliphatic carboxylic acids is 1. The molecule has 8 nitrogen and oxygen atoms in total. The fraction of sp³-hybridized carbons (Fsp3) is 0.692. The average Bonchev–Trinajstić information content (AvgIpc) is 2.80. The molecule has 0 heterocycles. The summed E-state index contributed by atoms with van der Waals surface area (Å²) in [5.74, 6) is -4.54. The number of carboxylic acid groups (broad SMARTS) is 1. The lowest BCUT2D eigenvalue weighted by Gasteiger charge is -2.25. The van der Waals surface area contributed by atoms with Gasteiger partial charge >= 0.3 is 5.97 Å². The number of carbonyl (C=O) groups is 4. The Labute approximate surface area is 122 Å². The van der Waals surface area contributed by atoms with E-state index in [1.54, 1.807) is 0 Å². The van der Waals surface area contributed by atoms with Crippen molar-refractivity contribution >= 4 is 23.7 Å². The molecule has 1 aliphatic rings. The third-order valence-electron chi connectivity index (χ3n) is 3.88. The van der Waals surface area contributed by atoms with Gasteiger partial charge in [-0.2, -0.15) is 0 Å². The molecule has 0 aromatic rings. The fourth-order valence-corrected chi connectivity index (χ4v) is 2.84. The lowest BCUT2D eigenvalue weighted by Crippen LogP contribution is -2.47. The molecule has 0 aromatic carbocycles. The number of rotatable bonds is 7. The van der Waals surface area contributed by atoms with Crippen LogP contribution in [0.3, 0.4) is 0 Å². The van der Waals surface area contributed by atoms with E-state index in [0.29, 0.717) is 12.8 Å². The summed E-state index contributed by atoms with van der Waals surface area (Å²) < 4.78 is 0. The zero-order valence-electron chi connectivity index (χ0n) is 11.9. The van der Waals surface area contributed by atoms with E-state index < -0.39 is 48.6 Å². The van der Waals surface area contributed by atoms with Gasteiger partial charge in [0.25, 0.3) is 0 Å². The fourth-order valence-electron chi connectivity index (χ4n) is 2.84. The third kappa shape index (κ3) is 4.44. The Morgan fingerprint density at radius 2 is 1.52 bits per heavy atom. The first-order valence-electron chi connectivity index (χ1n) is 6.84. The Balaban J connectivity index is 2.91. The monoisotopic (exact) mass is 299 g/mol. The molecule has 21 heavy (non-hydrogen) atoms. The first-order chi connectivity index (χ1) is 9.76. The van der Waals surface area contributed by atoms with Gasteiger partial charge in [-0.15, -0.1) is 0 Å². The molecule has 3 amide bonds. The maximum absolute atomic E-state index is 12.4. The highest BCUT2D eigenvalue weighted by Gasteiger charge is 2.43. The van der Waals surface area contributed by atoms with Crippen LogP contribution < -0.4 is 11.5 Å². The first-order valence-corrected chi connectivity index (χ1v) is 6.84. The zero-order chi connectivity index (χ0) is 16.2. The molecule has 1 aliphatic carbocycles. The van der Waals surface area contributed by atoms with Crippen molar-refractivity contribution in [1.29, 1.82) is 0 Å². The summed E-state index contributed by atoms with van der Waals surface area (Å²) >= 11 is 0. The molecule has 0 radical (unpaired) electrons. The number of nitrogens with two attached hydrogens (primary N) is 2. The van der Waals surface area contributed by atoms with Crippen LogP contribution >= 0.6 is 0 Å². The van der Waals surface area contributed by atoms with Crippen LogP contribution in [0, 0.1) is 17.8 Å². The number of amides is 3. The van der Waals surface area contributed by atoms with Crippen molar-refractivity contribution in [2.24, 2.45) is 29.2 Å². The summed E-state index contributed by atoms with van der Waals surface area (Å²) in [4.78, 5) is 46.7. The minimum absolute atomic E-state index is 0.143. The minimum Gasteiger partial charge on any atom is -0.481 e. The van der Waals surface area contributed by atoms with Crippen LogP contribution in [0.15, 0.2) is 0 Å². The lowest BCUT2D eigenvalue weighted by molar-refractivity contribution is -0.150. The summed E-state index contributed by atoms with van der Waals surface area (Å²) in [7, 11) is 0. The van der Waals surface area contributed by atoms with E-state index in [-0.39, 0.29) is 5.92 Å². The van der Waals surface area contributed by atoms with Crippen LogP contribution in [0.2, 0.25) is 0 Å². The molecule has 118 valence electrons. The standard InChI is InChI=1S/C13H21N3O5/c1-2-7-3-8(9(4-7)13(20)21)12(19)16(5-10(14)17)6-11(15)18/h7-9H,2-6H2,1H3,(H2,14,17)(H2,15,18)(H,20,21). The summed E-state index contributed by atoms with van der Waals surface area (Å²) in [6.45, 7) is 1.05. The molecule has 5 N–H and O–H groups in total. The number of hydrogen-bond acceptors (Lipinski definition) is 4. The highest BCUT2D eigenvalue weighted by atomic mass is 16.4. The first kappa shape index (κ1) is 16.9. The molecule has 0 spiro atoms. The predicted octanol–water partition coefficient (Wildman–Crippen LogP) is -1.08. The van der Waals surface area contributed by atoms with Gasteiger partial charge in [0.05, 0.1) is 24.9 Å². The van der Waals surface area contributed by atoms with Crippen molar-refractivity contribution in [2.75, 3.05) is 13.1 Å². The van der Waals surface area contributed by atoms with Crippen LogP contribution in [0.25, 0.3) is 0 Å². The van der Waals surface area contributed by atoms with E-state index in [2.05, 4.69) is 0 Å². The maximum Gasteiger partial charge on any atom is 0.307 e. The molecule has 1 rings (SSSR count). The maximum atomic E-state index is 12.4. The molecular weight excluding hydrogens is 278 g/mol. The molecule has 8 heteroatoms. The summed E-state index contributed by atoms with van der Waals surface area (Å²) in [6, 6.07) is 0. The molecule has 0 aliphatic heterocycles. The second kappa shape index (κ2) is 7.05. The number of carbonyl (C=O) groups excluding carboxylic acids is 3. The van der Waals surface area contributed by atoms with E-state index in [9.17, 15) is 24.3 Å². The summed E-state index contributed by atoms with van der Waals surface area (Å²) in [5.41, 5.74) is 10.1. The van der Waals surface area contributed by atoms with Gasteiger partial charge in [-0.3, -0.25) is 19.2 Å². The van der Waals surface area contributed by atoms with E-state index >= 15 is 0 Å². The van der Waals surface area contributed by atoms with Crippen LogP contribution in [-0.2, 0) is 19.2 Å². The molecule has 0 saturated heterocycles. The molecule has 3 unspecified atom stereocenters. The van der Waals surface area contributed by atoms with Crippen molar-refractivity contribution in [3.63, 3.8) is 0 Å². The Hall–Kier alpha value is -2.12. The van der Waals surface area contributed by atoms with Crippen molar-refractivity contribution in [2.45, 2.75) is 26.2 Å². The molecule has 3 atom stereocenters. The van der Waals surface area contributed by atoms with Gasteiger partial charge in [0.1, 0.15) is 0 Å². The SMILES string of the molecule is CCC1CC(C(=O)O)C(C(=O)N(CC(N)=O)CC(N)=O)C1. The highest BCUT2D eigenvalue weighted by Crippen LogP contribution is 2.39. The van der Waals surface area contributed by atoms with Crippen molar-refractivity contribution in [3.05, 3.63) is 0 Å². The average molecular weight is 299 g/mol. The third-order valence-corrected chi connectivity index (χ3v) is 3.88. The quantitative estimate of drug-likeness (QED) is 0.548. The van der Waals surface area contributed by atoms with Gasteiger partial charge in [0.2, 0.25) is 17.7 Å². The highest BCUT2D eigenvalue weighted by molar-refractivity contribution is 5.91. The summed E-state index contributed by atoms with van der Waals surface area (Å²) in [6.07, 6.45) is 1.63. The van der Waals surface area contributed by atoms with Crippen molar-refractivity contribution in [1.82, 2.24) is 4.90 Å². The Kier molecular flexibility index (Phi) is 5.69. The number of carboxylic acids is 1. The zero-order valence-corrected chi connectivity index (χ0v) is 11.9. The topological polar surface area (TPSA) is 144 Å². The van der Waals surface area contributed by atoms with Crippen LogP contribution in [0.5, 0.6) is 0 Å². The lowest BCUT2D eigenvalue weighted by atomic mass is 9.94. The molecule has 0 bridgehead atoms. The Morgan fingerprint density at radius 1 is 1.05 bits per heavy atom. The number of nitrogens with zero attached hydrogens (tertiary/aromatic N) is 1. The molecular formula is C13H21N3O5. The van der Waals surface area contributed by atoms with Gasteiger partial charge in [-0.05, 0) is 18.8 Å². The van der Waals surface area contributed by atoms with Crippen molar-refractivity contribution < 1.29 is 24.3 Å². The van der Waals surface area contributed by atoms with E-state index in [4.69, 9.17) is 11.5 Å². The van der Waals surface area contributed by atoms with Gasteiger partial charge in [0.15, 0.2) is 0 Å². The van der Waals surface area contributed by atoms with Gasteiger partial charge in [-0.1, -0.05) is 13.3 Å². The normalized spacial score (nSPS) is 24.5. The van der Waals surface area contributed by atoms with Crippen molar-refractivity contribution in [3.8, 4) is 0 Å². The molecule has 1 fully saturated rings. The Morgan fingerprint density at radius 3 is 1.90 bits per heavy atom. The van der Waals surface area contributed by atoms with Crippen LogP contribution in [0.1, 0.15) is 26.2 Å². The largest absolute Gasteiger partial charge is 0.481 e. The van der Waals surface area contributed by atoms with E-state index in [1.807, 2.05) is 6.92 Å². The van der Waals surface area contributed by atoms with Gasteiger partial charge in [0, 0.05) is 0 Å². The summed E-state index contributed by atoms with van der Waals surface area (Å²) in [5, 5.41) is 9.24.